The first-order valence-electron chi connectivity index (χ1n) is 5.10. The maximum atomic E-state index is 10.1. The van der Waals surface area contributed by atoms with Gasteiger partial charge in [0, 0.05) is 23.1 Å². The number of aromatic nitrogens is 1. The number of hydrogen-bond acceptors (Lipinski definition) is 4. The first kappa shape index (κ1) is 11.1. The minimum absolute atomic E-state index is 0.420. The van der Waals surface area contributed by atoms with Crippen LogP contribution in [0.2, 0.25) is 0 Å². The van der Waals surface area contributed by atoms with Crippen LogP contribution < -0.4 is 5.73 Å². The molecule has 1 unspecified atom stereocenters. The number of hydrogen-bond donors (Lipinski definition) is 2. The van der Waals surface area contributed by atoms with Crippen molar-refractivity contribution in [1.29, 1.82) is 0 Å². The van der Waals surface area contributed by atoms with E-state index in [2.05, 4.69) is 4.98 Å². The fraction of sp³-hybridized carbons (Fsp3) is 0.250. The average Bonchev–Trinajstić information content (AvgIpc) is 2.70. The van der Waals surface area contributed by atoms with Crippen LogP contribution >= 0.6 is 11.3 Å². The van der Waals surface area contributed by atoms with Crippen LogP contribution in [0.5, 0.6) is 0 Å². The highest BCUT2D eigenvalue weighted by atomic mass is 32.1. The van der Waals surface area contributed by atoms with Crippen molar-refractivity contribution in [3.05, 3.63) is 45.8 Å². The lowest BCUT2D eigenvalue weighted by atomic mass is 10.0. The second kappa shape index (κ2) is 4.63. The maximum Gasteiger partial charge on any atom is 0.129 e. The van der Waals surface area contributed by atoms with Crippen molar-refractivity contribution in [3.8, 4) is 0 Å². The van der Waals surface area contributed by atoms with E-state index in [4.69, 9.17) is 5.73 Å². The summed E-state index contributed by atoms with van der Waals surface area (Å²) in [6.07, 6.45) is 1.67. The van der Waals surface area contributed by atoms with E-state index in [0.29, 0.717) is 12.2 Å². The summed E-state index contributed by atoms with van der Waals surface area (Å²) in [6.45, 7) is 1.94. The van der Waals surface area contributed by atoms with Gasteiger partial charge in [-0.15, -0.1) is 11.3 Å². The fourth-order valence-corrected chi connectivity index (χ4v) is 2.49. The molecule has 0 saturated heterocycles. The zero-order valence-electron chi connectivity index (χ0n) is 9.05. The van der Waals surface area contributed by atoms with Crippen molar-refractivity contribution in [2.45, 2.75) is 19.4 Å². The number of aliphatic hydroxyl groups excluding tert-OH is 1. The summed E-state index contributed by atoms with van der Waals surface area (Å²) in [6, 6.07) is 5.85. The Morgan fingerprint density at radius 2 is 2.31 bits per heavy atom. The lowest BCUT2D eigenvalue weighted by Crippen LogP contribution is -2.08. The van der Waals surface area contributed by atoms with Gasteiger partial charge in [-0.3, -0.25) is 0 Å². The van der Waals surface area contributed by atoms with Gasteiger partial charge >= 0.3 is 0 Å². The lowest BCUT2D eigenvalue weighted by Gasteiger charge is -2.14. The van der Waals surface area contributed by atoms with Crippen LogP contribution in [0.3, 0.4) is 0 Å². The highest BCUT2D eigenvalue weighted by Crippen LogP contribution is 2.26. The molecule has 2 aromatic heterocycles. The summed E-state index contributed by atoms with van der Waals surface area (Å²) < 4.78 is 0. The molecule has 0 spiro atoms. The van der Waals surface area contributed by atoms with Crippen molar-refractivity contribution in [2.75, 3.05) is 5.73 Å². The van der Waals surface area contributed by atoms with E-state index < -0.39 is 6.10 Å². The topological polar surface area (TPSA) is 59.1 Å². The molecule has 84 valence electrons. The minimum atomic E-state index is -0.577. The number of rotatable bonds is 3. The van der Waals surface area contributed by atoms with Gasteiger partial charge in [0.05, 0.1) is 6.10 Å². The summed E-state index contributed by atoms with van der Waals surface area (Å²) >= 11 is 1.64. The van der Waals surface area contributed by atoms with Crippen LogP contribution in [0.25, 0.3) is 0 Å². The Balaban J connectivity index is 2.24. The zero-order chi connectivity index (χ0) is 11.5. The first-order chi connectivity index (χ1) is 7.68. The molecule has 0 aliphatic carbocycles. The van der Waals surface area contributed by atoms with Gasteiger partial charge in [-0.05, 0) is 30.0 Å². The molecular weight excluding hydrogens is 220 g/mol. The normalized spacial score (nSPS) is 12.6. The highest BCUT2D eigenvalue weighted by Gasteiger charge is 2.15. The van der Waals surface area contributed by atoms with Crippen LogP contribution in [-0.2, 0) is 6.42 Å². The minimum Gasteiger partial charge on any atom is -0.388 e. The Kier molecular flexibility index (Phi) is 3.22. The van der Waals surface area contributed by atoms with Crippen molar-refractivity contribution in [2.24, 2.45) is 0 Å². The molecule has 0 fully saturated rings. The largest absolute Gasteiger partial charge is 0.388 e. The molecule has 0 aliphatic rings. The molecule has 3 nitrogen and oxygen atoms in total. The molecule has 2 aromatic rings. The van der Waals surface area contributed by atoms with Crippen molar-refractivity contribution < 1.29 is 5.11 Å². The zero-order valence-corrected chi connectivity index (χ0v) is 9.87. The van der Waals surface area contributed by atoms with E-state index in [0.717, 1.165) is 16.0 Å². The Morgan fingerprint density at radius 1 is 1.50 bits per heavy atom. The van der Waals surface area contributed by atoms with Crippen LogP contribution in [0.1, 0.15) is 22.1 Å². The number of aliphatic hydroxyl groups is 1. The number of aryl methyl sites for hydroxylation is 1. The second-order valence-corrected chi connectivity index (χ2v) is 4.76. The fourth-order valence-electron chi connectivity index (χ4n) is 1.75. The monoisotopic (exact) mass is 234 g/mol. The molecule has 0 aromatic carbocycles. The van der Waals surface area contributed by atoms with Gasteiger partial charge in [-0.1, -0.05) is 6.07 Å². The third-order valence-electron chi connectivity index (χ3n) is 2.55. The summed E-state index contributed by atoms with van der Waals surface area (Å²) in [5.41, 5.74) is 7.51. The Labute approximate surface area is 98.6 Å². The van der Waals surface area contributed by atoms with Gasteiger partial charge in [-0.2, -0.15) is 0 Å². The van der Waals surface area contributed by atoms with Gasteiger partial charge in [0.25, 0.3) is 0 Å². The molecule has 0 bridgehead atoms. The molecule has 0 amide bonds. The van der Waals surface area contributed by atoms with E-state index in [1.807, 2.05) is 30.5 Å². The Morgan fingerprint density at radius 3 is 2.94 bits per heavy atom. The molecule has 1 atom stereocenters. The third kappa shape index (κ3) is 2.23. The SMILES string of the molecule is Cc1ccnc(N)c1C(O)Cc1cccs1. The number of nitrogens with zero attached hydrogens (tertiary/aromatic N) is 1. The van der Waals surface area contributed by atoms with Crippen molar-refractivity contribution in [1.82, 2.24) is 4.98 Å². The quantitative estimate of drug-likeness (QED) is 0.856. The van der Waals surface area contributed by atoms with Gasteiger partial charge in [0.15, 0.2) is 0 Å². The molecule has 0 saturated carbocycles. The third-order valence-corrected chi connectivity index (χ3v) is 3.45. The summed E-state index contributed by atoms with van der Waals surface area (Å²) in [5, 5.41) is 12.1. The number of pyridine rings is 1. The highest BCUT2D eigenvalue weighted by molar-refractivity contribution is 7.09. The number of thiophene rings is 1. The molecule has 16 heavy (non-hydrogen) atoms. The molecule has 0 aliphatic heterocycles. The van der Waals surface area contributed by atoms with Crippen LogP contribution in [-0.4, -0.2) is 10.1 Å². The van der Waals surface area contributed by atoms with E-state index in [1.165, 1.54) is 0 Å². The molecule has 2 heterocycles. The van der Waals surface area contributed by atoms with Crippen LogP contribution in [0.15, 0.2) is 29.8 Å². The maximum absolute atomic E-state index is 10.1. The van der Waals surface area contributed by atoms with E-state index >= 15 is 0 Å². The summed E-state index contributed by atoms with van der Waals surface area (Å²) in [7, 11) is 0. The first-order valence-corrected chi connectivity index (χ1v) is 5.98. The van der Waals surface area contributed by atoms with Gasteiger partial charge in [-0.25, -0.2) is 4.98 Å². The van der Waals surface area contributed by atoms with Gasteiger partial charge in [0.2, 0.25) is 0 Å². The summed E-state index contributed by atoms with van der Waals surface area (Å²) in [5.74, 6) is 0.420. The summed E-state index contributed by atoms with van der Waals surface area (Å²) in [4.78, 5) is 5.16. The number of nitrogens with two attached hydrogens (primary N) is 1. The Bertz CT molecular complexity index is 448. The predicted octanol–water partition coefficient (Wildman–Crippen LogP) is 2.31. The smallest absolute Gasteiger partial charge is 0.129 e. The average molecular weight is 234 g/mol. The molecular formula is C12H14N2OS. The van der Waals surface area contributed by atoms with Gasteiger partial charge in [0.1, 0.15) is 5.82 Å². The number of anilines is 1. The van der Waals surface area contributed by atoms with Gasteiger partial charge < -0.3 is 10.8 Å². The van der Waals surface area contributed by atoms with E-state index in [9.17, 15) is 5.11 Å². The second-order valence-electron chi connectivity index (χ2n) is 3.73. The molecule has 3 N–H and O–H groups in total. The predicted molar refractivity (Wildman–Crippen MR) is 66.4 cm³/mol. The van der Waals surface area contributed by atoms with Crippen molar-refractivity contribution in [3.63, 3.8) is 0 Å². The van der Waals surface area contributed by atoms with E-state index in [1.54, 1.807) is 17.5 Å². The van der Waals surface area contributed by atoms with Crippen LogP contribution in [0.4, 0.5) is 5.82 Å². The standard InChI is InChI=1S/C12H14N2OS/c1-8-4-5-14-12(13)11(8)10(15)7-9-3-2-6-16-9/h2-6,10,15H,7H2,1H3,(H2,13,14). The van der Waals surface area contributed by atoms with E-state index in [-0.39, 0.29) is 0 Å². The molecule has 4 heteroatoms. The molecule has 0 radical (unpaired) electrons. The van der Waals surface area contributed by atoms with Crippen LogP contribution in [0, 0.1) is 6.92 Å². The Hall–Kier alpha value is -1.39. The number of nitrogen functional groups attached to an aromatic ring is 1. The lowest BCUT2D eigenvalue weighted by molar-refractivity contribution is 0.179. The molecule has 2 rings (SSSR count). The van der Waals surface area contributed by atoms with Crippen molar-refractivity contribution >= 4 is 17.2 Å².